The van der Waals surface area contributed by atoms with Crippen LogP contribution < -0.4 is 0 Å². The zero-order chi connectivity index (χ0) is 32.2. The van der Waals surface area contributed by atoms with E-state index in [1.807, 2.05) is 6.92 Å². The maximum atomic E-state index is 12.5. The van der Waals surface area contributed by atoms with Gasteiger partial charge in [0.1, 0.15) is 30.5 Å². The third kappa shape index (κ3) is 5.14. The Hall–Kier alpha value is -0.890. The summed E-state index contributed by atoms with van der Waals surface area (Å²) in [5.74, 6) is 1.60. The monoisotopic (exact) mass is 638 g/mol. The number of aliphatic hydroxyl groups is 5. The number of aliphatic hydroxyl groups excluding tert-OH is 5. The lowest BCUT2D eigenvalue weighted by atomic mass is 9.43. The first-order valence-corrected chi connectivity index (χ1v) is 17.5. The van der Waals surface area contributed by atoms with Gasteiger partial charge in [0.15, 0.2) is 12.6 Å². The molecule has 0 unspecified atom stereocenters. The second-order valence-corrected chi connectivity index (χ2v) is 16.3. The van der Waals surface area contributed by atoms with E-state index in [1.165, 1.54) is 0 Å². The first kappa shape index (κ1) is 32.6. The van der Waals surface area contributed by atoms with Gasteiger partial charge < -0.3 is 49.2 Å². The molecule has 7 fully saturated rings. The number of hydrogen-bond donors (Lipinski definition) is 5. The van der Waals surface area contributed by atoms with Crippen LogP contribution in [0.2, 0.25) is 0 Å². The van der Waals surface area contributed by atoms with Crippen LogP contribution in [-0.2, 0) is 28.5 Å². The molecule has 20 atom stereocenters. The summed E-state index contributed by atoms with van der Waals surface area (Å²) < 4.78 is 30.8. The molecule has 0 spiro atoms. The summed E-state index contributed by atoms with van der Waals surface area (Å²) in [6.07, 6.45) is -3.28. The van der Waals surface area contributed by atoms with E-state index in [4.69, 9.17) is 23.7 Å². The fraction of sp³-hybridized carbons (Fsp3) is 0.971. The van der Waals surface area contributed by atoms with E-state index >= 15 is 0 Å². The van der Waals surface area contributed by atoms with E-state index in [1.54, 1.807) is 13.8 Å². The number of carbonyl (C=O) groups excluding carboxylic acids is 1. The van der Waals surface area contributed by atoms with Crippen molar-refractivity contribution in [2.24, 2.45) is 46.3 Å². The van der Waals surface area contributed by atoms with Gasteiger partial charge >= 0.3 is 5.97 Å². The van der Waals surface area contributed by atoms with Crippen LogP contribution >= 0.6 is 0 Å². The molecule has 7 aliphatic rings. The summed E-state index contributed by atoms with van der Waals surface area (Å²) in [5, 5.41) is 52.8. The van der Waals surface area contributed by atoms with Crippen molar-refractivity contribution in [3.05, 3.63) is 0 Å². The van der Waals surface area contributed by atoms with E-state index < -0.39 is 55.3 Å². The van der Waals surface area contributed by atoms with Crippen LogP contribution in [0, 0.1) is 46.3 Å². The smallest absolute Gasteiger partial charge is 0.309 e. The normalized spacial score (nSPS) is 59.5. The van der Waals surface area contributed by atoms with Gasteiger partial charge in [0.25, 0.3) is 0 Å². The molecule has 3 heterocycles. The molecule has 11 heteroatoms. The van der Waals surface area contributed by atoms with E-state index in [9.17, 15) is 30.3 Å². The Kier molecular flexibility index (Phi) is 8.43. The number of rotatable bonds is 4. The molecule has 0 aromatic carbocycles. The molecule has 0 aromatic heterocycles. The molecule has 0 aromatic rings. The van der Waals surface area contributed by atoms with Gasteiger partial charge in [-0.1, -0.05) is 20.8 Å². The molecule has 0 bridgehead atoms. The van der Waals surface area contributed by atoms with Crippen LogP contribution in [0.25, 0.3) is 0 Å². The lowest BCUT2D eigenvalue weighted by Gasteiger charge is -2.63. The second-order valence-electron chi connectivity index (χ2n) is 16.3. The zero-order valence-corrected chi connectivity index (χ0v) is 27.2. The summed E-state index contributed by atoms with van der Waals surface area (Å²) >= 11 is 0. The van der Waals surface area contributed by atoms with Gasteiger partial charge in [-0.05, 0) is 93.3 Å². The summed E-state index contributed by atoms with van der Waals surface area (Å²) in [6.45, 7) is 10.2. The lowest BCUT2D eigenvalue weighted by molar-refractivity contribution is -0.339. The van der Waals surface area contributed by atoms with Gasteiger partial charge in [-0.2, -0.15) is 0 Å². The second kappa shape index (κ2) is 11.6. The van der Waals surface area contributed by atoms with Crippen molar-refractivity contribution >= 4 is 5.97 Å². The van der Waals surface area contributed by atoms with Gasteiger partial charge in [0.05, 0.1) is 36.4 Å². The number of hydrogen-bond acceptors (Lipinski definition) is 11. The Morgan fingerprint density at radius 1 is 0.711 bits per heavy atom. The highest BCUT2D eigenvalue weighted by Crippen LogP contribution is 2.69. The minimum absolute atomic E-state index is 0.00298. The molecular formula is C34H54O11. The predicted molar refractivity (Wildman–Crippen MR) is 158 cm³/mol. The summed E-state index contributed by atoms with van der Waals surface area (Å²) in [5.41, 5.74) is 0.0331. The molecule has 3 saturated heterocycles. The SMILES string of the molecule is C[C@@H]1O[C@@H](O[C@@H]2C[C@H](O[C@H]3C[C@@H]4[C@H](CC[C@]5(C)[C@@H]6[C@H](C[C@@H]45)OC(=O)[C@H]6C)[C@@]4(C)CC[C@H](O)C[C@H]34)O[C@H](C)[C@H]2O)[C@H](O)[C@H](O)[C@H]1O. The summed E-state index contributed by atoms with van der Waals surface area (Å²) in [6, 6.07) is 0. The zero-order valence-electron chi connectivity index (χ0n) is 27.2. The molecule has 0 amide bonds. The number of carbonyl (C=O) groups is 1. The highest BCUT2D eigenvalue weighted by molar-refractivity contribution is 5.75. The average Bonchev–Trinajstić information content (AvgIpc) is 3.45. The van der Waals surface area contributed by atoms with Crippen molar-refractivity contribution in [3.63, 3.8) is 0 Å². The van der Waals surface area contributed by atoms with Crippen molar-refractivity contribution in [2.75, 3.05) is 0 Å². The minimum Gasteiger partial charge on any atom is -0.462 e. The van der Waals surface area contributed by atoms with E-state index in [-0.39, 0.29) is 59.3 Å². The van der Waals surface area contributed by atoms with Gasteiger partial charge in [0.2, 0.25) is 0 Å². The largest absolute Gasteiger partial charge is 0.462 e. The van der Waals surface area contributed by atoms with Crippen molar-refractivity contribution in [1.82, 2.24) is 0 Å². The van der Waals surface area contributed by atoms with Crippen LogP contribution in [0.1, 0.15) is 86.0 Å². The van der Waals surface area contributed by atoms with E-state index in [0.717, 1.165) is 38.5 Å². The summed E-state index contributed by atoms with van der Waals surface area (Å²) in [7, 11) is 0. The van der Waals surface area contributed by atoms with Crippen molar-refractivity contribution in [2.45, 2.75) is 160 Å². The highest BCUT2D eigenvalue weighted by atomic mass is 16.7. The molecule has 5 N–H and O–H groups in total. The number of ether oxygens (including phenoxy) is 5. The van der Waals surface area contributed by atoms with Crippen molar-refractivity contribution in [1.29, 1.82) is 0 Å². The van der Waals surface area contributed by atoms with Crippen LogP contribution in [0.4, 0.5) is 0 Å². The van der Waals surface area contributed by atoms with Gasteiger partial charge in [-0.15, -0.1) is 0 Å². The molecule has 11 nitrogen and oxygen atoms in total. The van der Waals surface area contributed by atoms with Crippen molar-refractivity contribution < 1.29 is 54.0 Å². The Morgan fingerprint density at radius 2 is 1.42 bits per heavy atom. The number of fused-ring (bicyclic) bond motifs is 7. The average molecular weight is 639 g/mol. The van der Waals surface area contributed by atoms with Crippen molar-refractivity contribution in [3.8, 4) is 0 Å². The van der Waals surface area contributed by atoms with Crippen LogP contribution in [0.15, 0.2) is 0 Å². The Morgan fingerprint density at radius 3 is 2.18 bits per heavy atom. The van der Waals surface area contributed by atoms with E-state index in [0.29, 0.717) is 24.2 Å². The topological polar surface area (TPSA) is 164 Å². The summed E-state index contributed by atoms with van der Waals surface area (Å²) in [4.78, 5) is 12.5. The first-order chi connectivity index (χ1) is 21.2. The third-order valence-electron chi connectivity index (χ3n) is 14.0. The molecule has 3 aliphatic heterocycles. The van der Waals surface area contributed by atoms with Gasteiger partial charge in [0, 0.05) is 12.3 Å². The number of esters is 1. The minimum atomic E-state index is -1.48. The maximum Gasteiger partial charge on any atom is 0.309 e. The molecule has 4 aliphatic carbocycles. The van der Waals surface area contributed by atoms with Crippen LogP contribution in [-0.4, -0.2) is 105 Å². The molecule has 4 saturated carbocycles. The fourth-order valence-corrected chi connectivity index (χ4v) is 11.6. The highest BCUT2D eigenvalue weighted by Gasteiger charge is 2.67. The Balaban J connectivity index is 1.12. The van der Waals surface area contributed by atoms with Gasteiger partial charge in [-0.25, -0.2) is 0 Å². The first-order valence-electron chi connectivity index (χ1n) is 17.5. The Labute approximate surface area is 265 Å². The fourth-order valence-electron chi connectivity index (χ4n) is 11.6. The quantitative estimate of drug-likeness (QED) is 0.226. The molecular weight excluding hydrogens is 584 g/mol. The third-order valence-corrected chi connectivity index (χ3v) is 14.0. The van der Waals surface area contributed by atoms with Gasteiger partial charge in [-0.3, -0.25) is 4.79 Å². The standard InChI is InChI=1S/C34H54O11/c1-14-26-23(44-31(14)40)12-20-18-11-22(21-10-17(35)6-8-33(21,4)19(18)7-9-34(20,26)5)43-25-13-24(27(36)15(2)41-25)45-32-30(39)29(38)28(37)16(3)42-32/h14-30,32,35-39H,6-13H2,1-5H3/t14-,15+,16-,17-,18+,19-,20-,21+,22-,23-,24+,25-,26-,27+,28-,29+,30+,32-,33+,34-/m0/s1. The lowest BCUT2D eigenvalue weighted by Crippen LogP contribution is -2.61. The molecule has 256 valence electrons. The maximum absolute atomic E-state index is 12.5. The van der Waals surface area contributed by atoms with Crippen LogP contribution in [0.5, 0.6) is 0 Å². The Bertz CT molecular complexity index is 1120. The van der Waals surface area contributed by atoms with E-state index in [2.05, 4.69) is 13.8 Å². The molecule has 0 radical (unpaired) electrons. The molecule has 7 rings (SSSR count). The van der Waals surface area contributed by atoms with Crippen LogP contribution in [0.3, 0.4) is 0 Å². The predicted octanol–water partition coefficient (Wildman–Crippen LogP) is 1.88. The molecule has 45 heavy (non-hydrogen) atoms.